The van der Waals surface area contributed by atoms with Gasteiger partial charge in [-0.15, -0.1) is 0 Å². The van der Waals surface area contributed by atoms with Crippen LogP contribution in [0.5, 0.6) is 0 Å². The van der Waals surface area contributed by atoms with E-state index in [0.29, 0.717) is 16.9 Å². The van der Waals surface area contributed by atoms with Gasteiger partial charge in [-0.25, -0.2) is 0 Å². The quantitative estimate of drug-likeness (QED) is 0.669. The van der Waals surface area contributed by atoms with E-state index in [0.717, 1.165) is 12.8 Å². The van der Waals surface area contributed by atoms with Crippen molar-refractivity contribution in [1.29, 1.82) is 0 Å². The van der Waals surface area contributed by atoms with Crippen LogP contribution >= 0.6 is 12.2 Å². The van der Waals surface area contributed by atoms with Gasteiger partial charge in [-0.1, -0.05) is 39.0 Å². The van der Waals surface area contributed by atoms with E-state index in [4.69, 9.17) is 12.2 Å². The molecular formula is C22H25N3O2S. The van der Waals surface area contributed by atoms with E-state index >= 15 is 0 Å². The molecule has 3 rings (SSSR count). The molecule has 6 heteroatoms. The van der Waals surface area contributed by atoms with Crippen molar-refractivity contribution in [2.45, 2.75) is 39.0 Å². The van der Waals surface area contributed by atoms with Gasteiger partial charge in [-0.2, -0.15) is 0 Å². The Bertz CT molecular complexity index is 897. The van der Waals surface area contributed by atoms with E-state index in [1.807, 2.05) is 36.4 Å². The molecule has 1 fully saturated rings. The van der Waals surface area contributed by atoms with Crippen LogP contribution in [0.4, 0.5) is 11.4 Å². The van der Waals surface area contributed by atoms with Crippen molar-refractivity contribution in [2.24, 2.45) is 5.92 Å². The van der Waals surface area contributed by atoms with Crippen LogP contribution in [0, 0.1) is 5.92 Å². The summed E-state index contributed by atoms with van der Waals surface area (Å²) in [4.78, 5) is 24.3. The number of rotatable bonds is 4. The van der Waals surface area contributed by atoms with Gasteiger partial charge in [0.2, 0.25) is 5.91 Å². The second-order valence-electron chi connectivity index (χ2n) is 8.08. The highest BCUT2D eigenvalue weighted by Gasteiger charge is 2.30. The minimum absolute atomic E-state index is 0.0411. The molecule has 0 aliphatic heterocycles. The minimum Gasteiger partial charge on any atom is -0.332 e. The zero-order valence-corrected chi connectivity index (χ0v) is 17.2. The molecule has 3 N–H and O–H groups in total. The summed E-state index contributed by atoms with van der Waals surface area (Å²) >= 11 is 5.18. The van der Waals surface area contributed by atoms with Crippen molar-refractivity contribution in [3.8, 4) is 0 Å². The maximum atomic E-state index is 12.5. The molecule has 0 bridgehead atoms. The Morgan fingerprint density at radius 3 is 2.14 bits per heavy atom. The summed E-state index contributed by atoms with van der Waals surface area (Å²) < 4.78 is 0. The van der Waals surface area contributed by atoms with E-state index in [1.54, 1.807) is 12.1 Å². The monoisotopic (exact) mass is 395 g/mol. The fraction of sp³-hybridized carbons (Fsp3) is 0.318. The average Bonchev–Trinajstić information content (AvgIpc) is 3.46. The van der Waals surface area contributed by atoms with E-state index in [2.05, 4.69) is 36.7 Å². The van der Waals surface area contributed by atoms with Gasteiger partial charge < -0.3 is 16.0 Å². The van der Waals surface area contributed by atoms with Crippen LogP contribution in [-0.2, 0) is 10.2 Å². The number of carbonyl (C=O) groups excluding carboxylic acids is 2. The summed E-state index contributed by atoms with van der Waals surface area (Å²) in [5.74, 6) is -0.127. The second-order valence-corrected chi connectivity index (χ2v) is 8.49. The molecule has 1 aliphatic carbocycles. The third-order valence-corrected chi connectivity index (χ3v) is 4.78. The maximum Gasteiger partial charge on any atom is 0.255 e. The molecule has 1 saturated carbocycles. The van der Waals surface area contributed by atoms with Gasteiger partial charge in [0.05, 0.1) is 0 Å². The molecule has 146 valence electrons. The van der Waals surface area contributed by atoms with E-state index in [-0.39, 0.29) is 28.3 Å². The molecule has 2 aromatic carbocycles. The van der Waals surface area contributed by atoms with Crippen molar-refractivity contribution >= 4 is 40.5 Å². The van der Waals surface area contributed by atoms with Crippen molar-refractivity contribution in [3.05, 3.63) is 59.7 Å². The summed E-state index contributed by atoms with van der Waals surface area (Å²) in [7, 11) is 0. The summed E-state index contributed by atoms with van der Waals surface area (Å²) in [5, 5.41) is 8.82. The van der Waals surface area contributed by atoms with Crippen molar-refractivity contribution < 1.29 is 9.59 Å². The lowest BCUT2D eigenvalue weighted by Crippen LogP contribution is -2.35. The predicted molar refractivity (Wildman–Crippen MR) is 117 cm³/mol. The van der Waals surface area contributed by atoms with E-state index < -0.39 is 0 Å². The second kappa shape index (κ2) is 8.10. The minimum atomic E-state index is -0.178. The zero-order valence-electron chi connectivity index (χ0n) is 16.3. The first-order valence-electron chi connectivity index (χ1n) is 9.36. The summed E-state index contributed by atoms with van der Waals surface area (Å²) in [6.45, 7) is 6.41. The third kappa shape index (κ3) is 5.39. The Labute approximate surface area is 170 Å². The largest absolute Gasteiger partial charge is 0.332 e. The van der Waals surface area contributed by atoms with Gasteiger partial charge >= 0.3 is 0 Å². The molecule has 0 saturated heterocycles. The Balaban J connectivity index is 1.61. The lowest BCUT2D eigenvalue weighted by atomic mass is 9.87. The van der Waals surface area contributed by atoms with E-state index in [1.165, 1.54) is 5.56 Å². The van der Waals surface area contributed by atoms with Gasteiger partial charge in [0, 0.05) is 22.9 Å². The van der Waals surface area contributed by atoms with Gasteiger partial charge in [0.15, 0.2) is 5.11 Å². The number of anilines is 2. The highest BCUT2D eigenvalue weighted by atomic mass is 32.1. The molecule has 0 spiro atoms. The summed E-state index contributed by atoms with van der Waals surface area (Å²) in [6.07, 6.45) is 1.85. The first-order chi connectivity index (χ1) is 13.2. The molecule has 28 heavy (non-hydrogen) atoms. The Morgan fingerprint density at radius 2 is 1.57 bits per heavy atom. The third-order valence-electron chi connectivity index (χ3n) is 4.58. The van der Waals surface area contributed by atoms with Crippen molar-refractivity contribution in [1.82, 2.24) is 5.32 Å². The number of benzene rings is 2. The topological polar surface area (TPSA) is 70.2 Å². The first kappa shape index (κ1) is 20.0. The molecule has 1 aliphatic rings. The number of thiocarbonyl (C=S) groups is 1. The van der Waals surface area contributed by atoms with E-state index in [9.17, 15) is 9.59 Å². The molecule has 0 heterocycles. The van der Waals surface area contributed by atoms with Crippen LogP contribution in [0.2, 0.25) is 0 Å². The lowest BCUT2D eigenvalue weighted by Gasteiger charge is -2.19. The molecule has 0 radical (unpaired) electrons. The molecular weight excluding hydrogens is 370 g/mol. The highest BCUT2D eigenvalue weighted by Crippen LogP contribution is 2.28. The molecule has 5 nitrogen and oxygen atoms in total. The SMILES string of the molecule is CC(C)(C)c1ccc(C(=O)Nc2cccc(NC(=S)NC(=O)C3CC3)c2)cc1. The summed E-state index contributed by atoms with van der Waals surface area (Å²) in [6, 6.07) is 14.8. The Hall–Kier alpha value is -2.73. The molecule has 2 amide bonds. The molecule has 0 atom stereocenters. The van der Waals surface area contributed by atoms with Gasteiger partial charge in [-0.3, -0.25) is 9.59 Å². The van der Waals surface area contributed by atoms with Gasteiger partial charge in [0.25, 0.3) is 5.91 Å². The number of hydrogen-bond donors (Lipinski definition) is 3. The van der Waals surface area contributed by atoms with Crippen LogP contribution in [0.15, 0.2) is 48.5 Å². The number of amides is 2. The normalized spacial score (nSPS) is 13.5. The fourth-order valence-electron chi connectivity index (χ4n) is 2.72. The van der Waals surface area contributed by atoms with Crippen LogP contribution in [0.25, 0.3) is 0 Å². The lowest BCUT2D eigenvalue weighted by molar-refractivity contribution is -0.120. The highest BCUT2D eigenvalue weighted by molar-refractivity contribution is 7.80. The maximum absolute atomic E-state index is 12.5. The van der Waals surface area contributed by atoms with Crippen molar-refractivity contribution in [2.75, 3.05) is 10.6 Å². The van der Waals surface area contributed by atoms with Gasteiger partial charge in [-0.05, 0) is 66.4 Å². The van der Waals surface area contributed by atoms with Crippen LogP contribution < -0.4 is 16.0 Å². The van der Waals surface area contributed by atoms with Gasteiger partial charge in [0.1, 0.15) is 0 Å². The standard InChI is InChI=1S/C22H25N3O2S/c1-22(2,3)16-11-9-15(10-12-16)19(26)23-17-5-4-6-18(13-17)24-21(28)25-20(27)14-7-8-14/h4-6,9-14H,7-8H2,1-3H3,(H,23,26)(H2,24,25,27,28). The van der Waals surface area contributed by atoms with Crippen molar-refractivity contribution in [3.63, 3.8) is 0 Å². The number of nitrogens with one attached hydrogen (secondary N) is 3. The Morgan fingerprint density at radius 1 is 0.964 bits per heavy atom. The molecule has 0 unspecified atom stereocenters. The van der Waals surface area contributed by atoms with Crippen LogP contribution in [-0.4, -0.2) is 16.9 Å². The predicted octanol–water partition coefficient (Wildman–Crippen LogP) is 4.46. The number of carbonyl (C=O) groups is 2. The number of hydrogen-bond acceptors (Lipinski definition) is 3. The summed E-state index contributed by atoms with van der Waals surface area (Å²) in [5.41, 5.74) is 3.16. The average molecular weight is 396 g/mol. The molecule has 0 aromatic heterocycles. The fourth-order valence-corrected chi connectivity index (χ4v) is 2.94. The molecule has 2 aromatic rings. The first-order valence-corrected chi connectivity index (χ1v) is 9.77. The van der Waals surface area contributed by atoms with Crippen LogP contribution in [0.3, 0.4) is 0 Å². The smallest absolute Gasteiger partial charge is 0.255 e. The Kier molecular flexibility index (Phi) is 5.79. The zero-order chi connectivity index (χ0) is 20.3. The van der Waals surface area contributed by atoms with Crippen LogP contribution in [0.1, 0.15) is 49.5 Å².